The average molecular weight is 384 g/mol. The van der Waals surface area contributed by atoms with E-state index in [-0.39, 0.29) is 17.7 Å². The van der Waals surface area contributed by atoms with Gasteiger partial charge in [0, 0.05) is 37.4 Å². The van der Waals surface area contributed by atoms with E-state index in [9.17, 15) is 10.2 Å². The molecule has 152 valence electrons. The predicted molar refractivity (Wildman–Crippen MR) is 110 cm³/mol. The van der Waals surface area contributed by atoms with Gasteiger partial charge < -0.3 is 15.1 Å². The van der Waals surface area contributed by atoms with E-state index in [0.717, 1.165) is 23.9 Å². The lowest BCUT2D eigenvalue weighted by molar-refractivity contribution is -1.04. The third kappa shape index (κ3) is 1.61. The van der Waals surface area contributed by atoms with Gasteiger partial charge in [-0.25, -0.2) is 0 Å². The van der Waals surface area contributed by atoms with Gasteiger partial charge >= 0.3 is 0 Å². The highest BCUT2D eigenvalue weighted by Crippen LogP contribution is 2.71. The summed E-state index contributed by atoms with van der Waals surface area (Å²) in [4.78, 5) is 2.49. The lowest BCUT2D eigenvalue weighted by Gasteiger charge is -2.68. The Morgan fingerprint density at radius 2 is 1.96 bits per heavy atom. The number of quaternary nitrogens is 1. The Kier molecular flexibility index (Phi) is 3.50. The monoisotopic (exact) mass is 383 g/mol. The SMILES string of the molecule is CCCC[N@+]12[C@H](O)[C@H](CC)[C@H]3C[C@H]1[C@@H]1N(C)c4ccccc4[C@@]14C[C@H]2[C@@H]3[C@@H]4O. The fourth-order valence-corrected chi connectivity index (χ4v) is 9.27. The molecule has 0 aromatic heterocycles. The summed E-state index contributed by atoms with van der Waals surface area (Å²) >= 11 is 0. The number of piperidine rings is 4. The quantitative estimate of drug-likeness (QED) is 0.786. The van der Waals surface area contributed by atoms with Gasteiger partial charge in [-0.3, -0.25) is 4.48 Å². The van der Waals surface area contributed by atoms with Crippen LogP contribution in [0.1, 0.15) is 51.5 Å². The summed E-state index contributed by atoms with van der Waals surface area (Å²) in [6, 6.07) is 10.00. The van der Waals surface area contributed by atoms with Crippen molar-refractivity contribution in [2.24, 2.45) is 17.8 Å². The Morgan fingerprint density at radius 1 is 1.18 bits per heavy atom. The first kappa shape index (κ1) is 17.7. The van der Waals surface area contributed by atoms with Gasteiger partial charge in [0.25, 0.3) is 0 Å². The molecule has 5 aliphatic heterocycles. The number of unbranched alkanes of at least 4 members (excludes halogenated alkanes) is 1. The number of hydrogen-bond acceptors (Lipinski definition) is 3. The maximum absolute atomic E-state index is 12.0. The van der Waals surface area contributed by atoms with Crippen molar-refractivity contribution in [1.82, 2.24) is 0 Å². The molecule has 1 aromatic carbocycles. The van der Waals surface area contributed by atoms with E-state index in [1.54, 1.807) is 0 Å². The van der Waals surface area contributed by atoms with Crippen molar-refractivity contribution in [3.63, 3.8) is 0 Å². The van der Waals surface area contributed by atoms with Gasteiger partial charge in [0.1, 0.15) is 6.04 Å². The van der Waals surface area contributed by atoms with Crippen LogP contribution in [-0.4, -0.2) is 58.7 Å². The lowest BCUT2D eigenvalue weighted by atomic mass is 9.60. The van der Waals surface area contributed by atoms with Gasteiger partial charge in [-0.05, 0) is 30.4 Å². The fourth-order valence-electron chi connectivity index (χ4n) is 9.27. The number of anilines is 1. The molecule has 5 fully saturated rings. The van der Waals surface area contributed by atoms with Crippen molar-refractivity contribution in [3.05, 3.63) is 29.8 Å². The number of hydrogen-bond donors (Lipinski definition) is 2. The summed E-state index contributed by atoms with van der Waals surface area (Å²) in [7, 11) is 2.24. The Balaban J connectivity index is 1.59. The summed E-state index contributed by atoms with van der Waals surface area (Å²) in [5.41, 5.74) is 2.56. The van der Waals surface area contributed by atoms with Crippen LogP contribution < -0.4 is 4.90 Å². The third-order valence-electron chi connectivity index (χ3n) is 10.0. The minimum Gasteiger partial charge on any atom is -0.392 e. The zero-order valence-electron chi connectivity index (χ0n) is 17.5. The fraction of sp³-hybridized carbons (Fsp3) is 0.750. The van der Waals surface area contributed by atoms with Crippen molar-refractivity contribution in [1.29, 1.82) is 0 Å². The van der Waals surface area contributed by atoms with Crippen LogP contribution in [0.4, 0.5) is 5.69 Å². The lowest BCUT2D eigenvalue weighted by Crippen LogP contribution is -2.83. The molecule has 1 aliphatic carbocycles. The van der Waals surface area contributed by atoms with E-state index in [0.29, 0.717) is 35.9 Å². The van der Waals surface area contributed by atoms with Crippen molar-refractivity contribution in [2.75, 3.05) is 18.5 Å². The summed E-state index contributed by atoms with van der Waals surface area (Å²) in [5.74, 6) is 1.18. The Hall–Kier alpha value is -1.10. The Morgan fingerprint density at radius 3 is 2.71 bits per heavy atom. The van der Waals surface area contributed by atoms with Gasteiger partial charge in [-0.15, -0.1) is 0 Å². The Bertz CT molecular complexity index is 814. The van der Waals surface area contributed by atoms with E-state index >= 15 is 0 Å². The van der Waals surface area contributed by atoms with Gasteiger partial charge in [0.05, 0.1) is 30.1 Å². The normalized spacial score (nSPS) is 52.2. The minimum atomic E-state index is -0.272. The summed E-state index contributed by atoms with van der Waals surface area (Å²) < 4.78 is 0.884. The second-order valence-electron chi connectivity index (χ2n) is 10.4. The molecule has 6 aliphatic rings. The first-order valence-corrected chi connectivity index (χ1v) is 11.6. The molecule has 1 aromatic rings. The number of nitrogens with zero attached hydrogens (tertiary/aromatic N) is 2. The van der Waals surface area contributed by atoms with Crippen LogP contribution in [0.25, 0.3) is 0 Å². The highest BCUT2D eigenvalue weighted by molar-refractivity contribution is 5.66. The zero-order valence-corrected chi connectivity index (χ0v) is 17.5. The maximum atomic E-state index is 12.0. The molecule has 5 bridgehead atoms. The predicted octanol–water partition coefficient (Wildman–Crippen LogP) is 2.87. The summed E-state index contributed by atoms with van der Waals surface area (Å²) in [5, 5.41) is 23.7. The molecule has 0 radical (unpaired) electrons. The van der Waals surface area contributed by atoms with Crippen molar-refractivity contribution in [2.45, 2.75) is 81.8 Å². The van der Waals surface area contributed by atoms with E-state index in [2.05, 4.69) is 50.1 Å². The molecule has 28 heavy (non-hydrogen) atoms. The molecule has 4 heteroatoms. The second-order valence-corrected chi connectivity index (χ2v) is 10.4. The highest BCUT2D eigenvalue weighted by Gasteiger charge is 2.82. The summed E-state index contributed by atoms with van der Waals surface area (Å²) in [6.45, 7) is 5.59. The molecule has 1 saturated carbocycles. The van der Waals surface area contributed by atoms with Crippen molar-refractivity contribution < 1.29 is 14.7 Å². The standard InChI is InChI=1S/C24H35N2O2/c1-4-6-11-26-18-12-15(14(5-2)23(26)28)20-19(26)13-24(22(20)27)16-9-7-8-10-17(16)25(3)21(18)24/h7-10,14-15,18-23,27-28H,4-6,11-13H2,1-3H3/q+1/t14-,15-,18+,19+,20-,21+,22+,23-,24+,26+/m1/s1. The Labute approximate surface area is 168 Å². The van der Waals surface area contributed by atoms with Crippen LogP contribution in [0, 0.1) is 17.8 Å². The largest absolute Gasteiger partial charge is 0.392 e. The first-order chi connectivity index (χ1) is 13.5. The number of fused-ring (bicyclic) bond motifs is 2. The number of rotatable bonds is 4. The van der Waals surface area contributed by atoms with Gasteiger partial charge in [-0.2, -0.15) is 0 Å². The molecule has 4 nitrogen and oxygen atoms in total. The zero-order chi connectivity index (χ0) is 19.4. The number of aliphatic hydroxyl groups is 2. The molecule has 10 atom stereocenters. The van der Waals surface area contributed by atoms with Crippen LogP contribution in [0.5, 0.6) is 0 Å². The number of likely N-dealkylation sites (N-methyl/N-ethyl adjacent to an activating group) is 1. The maximum Gasteiger partial charge on any atom is 0.194 e. The second kappa shape index (κ2) is 5.53. The van der Waals surface area contributed by atoms with E-state index in [1.807, 2.05) is 0 Å². The smallest absolute Gasteiger partial charge is 0.194 e. The minimum absolute atomic E-state index is 0.129. The van der Waals surface area contributed by atoms with Crippen LogP contribution in [0.2, 0.25) is 0 Å². The van der Waals surface area contributed by atoms with Gasteiger partial charge in [0.15, 0.2) is 6.23 Å². The number of benzene rings is 1. The molecule has 0 amide bonds. The number of para-hydroxylation sites is 1. The first-order valence-electron chi connectivity index (χ1n) is 11.6. The molecular formula is C24H35N2O2+. The molecule has 0 unspecified atom stereocenters. The van der Waals surface area contributed by atoms with Gasteiger partial charge in [0.2, 0.25) is 0 Å². The molecule has 1 spiro atoms. The van der Waals surface area contributed by atoms with Gasteiger partial charge in [-0.1, -0.05) is 38.5 Å². The van der Waals surface area contributed by atoms with Crippen LogP contribution in [0.3, 0.4) is 0 Å². The van der Waals surface area contributed by atoms with Crippen LogP contribution in [-0.2, 0) is 5.41 Å². The molecular weight excluding hydrogens is 348 g/mol. The van der Waals surface area contributed by atoms with E-state index < -0.39 is 0 Å². The van der Waals surface area contributed by atoms with E-state index in [4.69, 9.17) is 0 Å². The molecule has 4 saturated heterocycles. The van der Waals surface area contributed by atoms with Crippen molar-refractivity contribution >= 4 is 5.69 Å². The molecule has 7 rings (SSSR count). The summed E-state index contributed by atoms with van der Waals surface area (Å²) in [6.07, 6.45) is 5.09. The average Bonchev–Trinajstić information content (AvgIpc) is 3.09. The number of aliphatic hydroxyl groups excluding tert-OH is 2. The molecule has 5 heterocycles. The van der Waals surface area contributed by atoms with Crippen LogP contribution >= 0.6 is 0 Å². The van der Waals surface area contributed by atoms with Crippen molar-refractivity contribution in [3.8, 4) is 0 Å². The topological polar surface area (TPSA) is 43.7 Å². The molecule has 2 N–H and O–H groups in total. The van der Waals surface area contributed by atoms with E-state index in [1.165, 1.54) is 30.5 Å². The third-order valence-corrected chi connectivity index (χ3v) is 10.0. The van der Waals surface area contributed by atoms with Crippen LogP contribution in [0.15, 0.2) is 24.3 Å². The highest BCUT2D eigenvalue weighted by atomic mass is 16.3.